The molecule has 0 radical (unpaired) electrons. The fraction of sp³-hybridized carbons (Fsp3) is 0.467. The molecule has 2 nitrogen and oxygen atoms in total. The van der Waals surface area contributed by atoms with Gasteiger partial charge in [-0.3, -0.25) is 0 Å². The van der Waals surface area contributed by atoms with Gasteiger partial charge in [0, 0.05) is 23.1 Å². The first-order valence-corrected chi connectivity index (χ1v) is 6.09. The number of fused-ring (bicyclic) bond motifs is 1. The monoisotopic (exact) mass is 231 g/mol. The molecule has 2 aromatic rings. The lowest BCUT2D eigenvalue weighted by molar-refractivity contribution is 0.556. The van der Waals surface area contributed by atoms with Gasteiger partial charge in [0.05, 0.1) is 6.26 Å². The molecule has 1 N–H and O–H groups in total. The maximum Gasteiger partial charge on any atom is 0.137 e. The number of benzene rings is 1. The highest BCUT2D eigenvalue weighted by molar-refractivity contribution is 5.85. The van der Waals surface area contributed by atoms with Crippen LogP contribution in [0.5, 0.6) is 0 Å². The van der Waals surface area contributed by atoms with Crippen molar-refractivity contribution in [2.75, 3.05) is 7.05 Å². The highest BCUT2D eigenvalue weighted by Gasteiger charge is 2.20. The van der Waals surface area contributed by atoms with Crippen LogP contribution in [0.4, 0.5) is 0 Å². The van der Waals surface area contributed by atoms with E-state index in [1.165, 1.54) is 22.1 Å². The van der Waals surface area contributed by atoms with Crippen LogP contribution in [0.2, 0.25) is 0 Å². The summed E-state index contributed by atoms with van der Waals surface area (Å²) in [5.41, 5.74) is 4.96. The summed E-state index contributed by atoms with van der Waals surface area (Å²) in [7, 11) is 1.96. The minimum Gasteiger partial charge on any atom is -0.464 e. The second-order valence-corrected chi connectivity index (χ2v) is 5.73. The molecule has 0 atom stereocenters. The van der Waals surface area contributed by atoms with Gasteiger partial charge in [-0.05, 0) is 31.0 Å². The zero-order valence-corrected chi connectivity index (χ0v) is 11.3. The molecule has 0 aliphatic carbocycles. The normalized spacial score (nSPS) is 12.3. The lowest BCUT2D eigenvalue weighted by Gasteiger charge is -2.20. The van der Waals surface area contributed by atoms with E-state index in [0.717, 1.165) is 12.1 Å². The van der Waals surface area contributed by atoms with Crippen LogP contribution in [0.3, 0.4) is 0 Å². The van der Waals surface area contributed by atoms with Crippen LogP contribution in [0.25, 0.3) is 11.0 Å². The van der Waals surface area contributed by atoms with Crippen molar-refractivity contribution in [3.63, 3.8) is 0 Å². The predicted molar refractivity (Wildman–Crippen MR) is 72.4 cm³/mol. The summed E-state index contributed by atoms with van der Waals surface area (Å²) >= 11 is 0. The first-order valence-electron chi connectivity index (χ1n) is 6.09. The number of rotatable bonds is 2. The molecule has 2 rings (SSSR count). The molecule has 0 saturated heterocycles. The van der Waals surface area contributed by atoms with Gasteiger partial charge in [0.1, 0.15) is 5.58 Å². The maximum absolute atomic E-state index is 5.77. The molecule has 2 heteroatoms. The second kappa shape index (κ2) is 4.19. The van der Waals surface area contributed by atoms with Gasteiger partial charge in [0.15, 0.2) is 0 Å². The van der Waals surface area contributed by atoms with Gasteiger partial charge in [-0.25, -0.2) is 0 Å². The minimum absolute atomic E-state index is 0.110. The van der Waals surface area contributed by atoms with Crippen molar-refractivity contribution in [3.8, 4) is 0 Å². The Hall–Kier alpha value is -1.28. The predicted octanol–water partition coefficient (Wildman–Crippen LogP) is 3.76. The lowest BCUT2D eigenvalue weighted by Crippen LogP contribution is -2.11. The van der Waals surface area contributed by atoms with Crippen LogP contribution in [-0.4, -0.2) is 7.05 Å². The van der Waals surface area contributed by atoms with E-state index in [4.69, 9.17) is 4.42 Å². The quantitative estimate of drug-likeness (QED) is 0.851. The summed E-state index contributed by atoms with van der Waals surface area (Å²) in [5.74, 6) is 0. The molecule has 0 unspecified atom stereocenters. The summed E-state index contributed by atoms with van der Waals surface area (Å²) in [6.45, 7) is 9.66. The number of nitrogens with one attached hydrogen (secondary N) is 1. The van der Waals surface area contributed by atoms with Crippen LogP contribution < -0.4 is 5.32 Å². The van der Waals surface area contributed by atoms with Crippen LogP contribution in [0.1, 0.15) is 37.5 Å². The number of hydrogen-bond acceptors (Lipinski definition) is 2. The van der Waals surface area contributed by atoms with Gasteiger partial charge >= 0.3 is 0 Å². The standard InChI is InChI=1S/C15H21NO/c1-10-6-12-11(8-16-5)9-17-14(12)13(7-10)15(2,3)4/h6-7,9,16H,8H2,1-5H3. The van der Waals surface area contributed by atoms with Crippen LogP contribution >= 0.6 is 0 Å². The third-order valence-electron chi connectivity index (χ3n) is 3.07. The van der Waals surface area contributed by atoms with Gasteiger partial charge in [-0.1, -0.05) is 26.8 Å². The largest absolute Gasteiger partial charge is 0.464 e. The van der Waals surface area contributed by atoms with Crippen molar-refractivity contribution in [2.45, 2.75) is 39.7 Å². The van der Waals surface area contributed by atoms with Crippen LogP contribution in [-0.2, 0) is 12.0 Å². The first-order chi connectivity index (χ1) is 7.93. The van der Waals surface area contributed by atoms with E-state index < -0.39 is 0 Å². The molecular weight excluding hydrogens is 210 g/mol. The third kappa shape index (κ3) is 2.22. The molecule has 17 heavy (non-hydrogen) atoms. The molecule has 0 aliphatic rings. The van der Waals surface area contributed by atoms with Crippen molar-refractivity contribution in [3.05, 3.63) is 35.1 Å². The minimum atomic E-state index is 0.110. The summed E-state index contributed by atoms with van der Waals surface area (Å²) in [6.07, 6.45) is 1.87. The summed E-state index contributed by atoms with van der Waals surface area (Å²) in [5, 5.41) is 4.42. The SMILES string of the molecule is CNCc1coc2c(C(C)(C)C)cc(C)cc12. The van der Waals surface area contributed by atoms with Gasteiger partial charge in [0.25, 0.3) is 0 Å². The fourth-order valence-electron chi connectivity index (χ4n) is 2.22. The van der Waals surface area contributed by atoms with Gasteiger partial charge in [0.2, 0.25) is 0 Å². The molecule has 0 bridgehead atoms. The summed E-state index contributed by atoms with van der Waals surface area (Å²) in [4.78, 5) is 0. The summed E-state index contributed by atoms with van der Waals surface area (Å²) < 4.78 is 5.77. The van der Waals surface area contributed by atoms with Crippen molar-refractivity contribution < 1.29 is 4.42 Å². The average molecular weight is 231 g/mol. The number of furan rings is 1. The van der Waals surface area contributed by atoms with E-state index in [-0.39, 0.29) is 5.41 Å². The molecule has 1 heterocycles. The Morgan fingerprint density at radius 1 is 1.24 bits per heavy atom. The Bertz CT molecular complexity index is 532. The molecule has 1 aromatic carbocycles. The van der Waals surface area contributed by atoms with Crippen LogP contribution in [0.15, 0.2) is 22.8 Å². The van der Waals surface area contributed by atoms with Crippen molar-refractivity contribution >= 4 is 11.0 Å². The van der Waals surface area contributed by atoms with Gasteiger partial charge < -0.3 is 9.73 Å². The Kier molecular flexibility index (Phi) is 3.00. The smallest absolute Gasteiger partial charge is 0.137 e. The van der Waals surface area contributed by atoms with E-state index in [0.29, 0.717) is 0 Å². The molecule has 0 aliphatic heterocycles. The van der Waals surface area contributed by atoms with Crippen molar-refractivity contribution in [1.82, 2.24) is 5.32 Å². The van der Waals surface area contributed by atoms with E-state index in [1.54, 1.807) is 0 Å². The Morgan fingerprint density at radius 3 is 2.53 bits per heavy atom. The Labute approximate surface area is 103 Å². The average Bonchev–Trinajstić information content (AvgIpc) is 2.60. The highest BCUT2D eigenvalue weighted by atomic mass is 16.3. The molecule has 1 aromatic heterocycles. The molecule has 0 fully saturated rings. The molecule has 92 valence electrons. The van der Waals surface area contributed by atoms with E-state index in [1.807, 2.05) is 13.3 Å². The fourth-order valence-corrected chi connectivity index (χ4v) is 2.22. The first kappa shape index (κ1) is 12.2. The van der Waals surface area contributed by atoms with Crippen LogP contribution in [0, 0.1) is 6.92 Å². The molecule has 0 saturated carbocycles. The van der Waals surface area contributed by atoms with Gasteiger partial charge in [-0.2, -0.15) is 0 Å². The highest BCUT2D eigenvalue weighted by Crippen LogP contribution is 2.33. The molecule has 0 spiro atoms. The van der Waals surface area contributed by atoms with E-state index >= 15 is 0 Å². The van der Waals surface area contributed by atoms with E-state index in [2.05, 4.69) is 45.1 Å². The lowest BCUT2D eigenvalue weighted by atomic mass is 9.85. The van der Waals surface area contributed by atoms with Crippen molar-refractivity contribution in [2.24, 2.45) is 0 Å². The zero-order chi connectivity index (χ0) is 12.6. The number of aryl methyl sites for hydroxylation is 1. The van der Waals surface area contributed by atoms with Gasteiger partial charge in [-0.15, -0.1) is 0 Å². The number of hydrogen-bond donors (Lipinski definition) is 1. The van der Waals surface area contributed by atoms with Crippen molar-refractivity contribution in [1.29, 1.82) is 0 Å². The molecule has 0 amide bonds. The third-order valence-corrected chi connectivity index (χ3v) is 3.07. The molecular formula is C15H21NO. The zero-order valence-electron chi connectivity index (χ0n) is 11.3. The second-order valence-electron chi connectivity index (χ2n) is 5.73. The Morgan fingerprint density at radius 2 is 1.94 bits per heavy atom. The topological polar surface area (TPSA) is 25.2 Å². The summed E-state index contributed by atoms with van der Waals surface area (Å²) in [6, 6.07) is 4.44. The van der Waals surface area contributed by atoms with E-state index in [9.17, 15) is 0 Å². The maximum atomic E-state index is 5.77. The Balaban J connectivity index is 2.70.